The number of fused-ring (bicyclic) bond motifs is 3. The van der Waals surface area contributed by atoms with Crippen LogP contribution >= 0.6 is 0 Å². The van der Waals surface area contributed by atoms with Gasteiger partial charge in [0, 0.05) is 34.4 Å². The summed E-state index contributed by atoms with van der Waals surface area (Å²) in [5.74, 6) is 0. The van der Waals surface area contributed by atoms with Crippen molar-refractivity contribution in [3.8, 4) is 0 Å². The molecule has 0 bridgehead atoms. The third-order valence-electron chi connectivity index (χ3n) is 7.38. The second-order valence-electron chi connectivity index (χ2n) is 9.38. The lowest BCUT2D eigenvalue weighted by atomic mass is 9.97. The molecule has 6 aromatic rings. The summed E-state index contributed by atoms with van der Waals surface area (Å²) in [6, 6.07) is 47.0. The van der Waals surface area contributed by atoms with E-state index in [0.717, 1.165) is 19.4 Å². The van der Waals surface area contributed by atoms with E-state index in [-0.39, 0.29) is 0 Å². The Morgan fingerprint density at radius 2 is 0.771 bits per heavy atom. The van der Waals surface area contributed by atoms with Crippen LogP contribution in [0.2, 0.25) is 0 Å². The van der Waals surface area contributed by atoms with Crippen LogP contribution in [0.1, 0.15) is 19.8 Å². The average molecular weight is 453 g/mol. The molecule has 0 aliphatic heterocycles. The highest BCUT2D eigenvalue weighted by Gasteiger charge is 2.39. The van der Waals surface area contributed by atoms with Crippen molar-refractivity contribution in [3.05, 3.63) is 127 Å². The van der Waals surface area contributed by atoms with Gasteiger partial charge in [0.05, 0.1) is 6.54 Å². The van der Waals surface area contributed by atoms with Crippen LogP contribution in [0.25, 0.3) is 32.3 Å². The SMILES string of the molecule is CCCC[N+](c1cccc2ccccc12)(c1cccc2ccccc12)c1cccc2ccccc12. The van der Waals surface area contributed by atoms with E-state index in [4.69, 9.17) is 0 Å². The van der Waals surface area contributed by atoms with Gasteiger partial charge in [0.15, 0.2) is 17.1 Å². The van der Waals surface area contributed by atoms with Crippen LogP contribution in [-0.2, 0) is 0 Å². The molecule has 35 heavy (non-hydrogen) atoms. The van der Waals surface area contributed by atoms with Crippen LogP contribution in [0.5, 0.6) is 0 Å². The van der Waals surface area contributed by atoms with E-state index in [1.807, 2.05) is 0 Å². The Kier molecular flexibility index (Phi) is 5.56. The summed E-state index contributed by atoms with van der Waals surface area (Å²) in [6.07, 6.45) is 2.26. The minimum absolute atomic E-state index is 0.692. The smallest absolute Gasteiger partial charge is 0.150 e. The van der Waals surface area contributed by atoms with Gasteiger partial charge in [-0.15, -0.1) is 0 Å². The fourth-order valence-electron chi connectivity index (χ4n) is 5.77. The standard InChI is InChI=1S/C34H30N/c1-2-3-25-35(32-22-10-16-26-13-4-7-19-29(26)32,33-23-11-17-27-14-5-8-20-30(27)33)34-24-12-18-28-15-6-9-21-31(28)34/h4-24H,2-3,25H2,1H3/q+1. The first-order chi connectivity index (χ1) is 17.3. The predicted molar refractivity (Wildman–Crippen MR) is 153 cm³/mol. The Labute approximate surface area is 207 Å². The van der Waals surface area contributed by atoms with Gasteiger partial charge in [0.2, 0.25) is 0 Å². The number of hydrogen-bond acceptors (Lipinski definition) is 0. The van der Waals surface area contributed by atoms with Gasteiger partial charge in [-0.05, 0) is 40.8 Å². The summed E-state index contributed by atoms with van der Waals surface area (Å²) in [6.45, 7) is 3.29. The first-order valence-electron chi connectivity index (χ1n) is 12.7. The Bertz CT molecular complexity index is 1440. The highest BCUT2D eigenvalue weighted by Crippen LogP contribution is 2.51. The van der Waals surface area contributed by atoms with Gasteiger partial charge in [0.25, 0.3) is 0 Å². The summed E-state index contributed by atoms with van der Waals surface area (Å²) in [5, 5.41) is 7.78. The summed E-state index contributed by atoms with van der Waals surface area (Å²) in [4.78, 5) is 0. The summed E-state index contributed by atoms with van der Waals surface area (Å²) >= 11 is 0. The van der Waals surface area contributed by atoms with Gasteiger partial charge < -0.3 is 0 Å². The molecule has 0 aliphatic carbocycles. The van der Waals surface area contributed by atoms with Gasteiger partial charge in [-0.2, -0.15) is 0 Å². The van der Waals surface area contributed by atoms with Crippen LogP contribution in [0, 0.1) is 0 Å². The van der Waals surface area contributed by atoms with Gasteiger partial charge in [0.1, 0.15) is 0 Å². The van der Waals surface area contributed by atoms with E-state index in [1.54, 1.807) is 0 Å². The Hall–Kier alpha value is -3.94. The summed E-state index contributed by atoms with van der Waals surface area (Å²) in [5.41, 5.74) is 4.01. The number of nitrogens with zero attached hydrogens (tertiary/aromatic N) is 1. The third-order valence-corrected chi connectivity index (χ3v) is 7.38. The second kappa shape index (κ2) is 9.02. The highest BCUT2D eigenvalue weighted by atomic mass is 15.4. The van der Waals surface area contributed by atoms with Gasteiger partial charge in [-0.1, -0.05) is 104 Å². The zero-order valence-electron chi connectivity index (χ0n) is 20.2. The molecule has 6 rings (SSSR count). The normalized spacial score (nSPS) is 11.9. The molecule has 1 heteroatoms. The molecule has 0 aliphatic rings. The number of hydrogen-bond donors (Lipinski definition) is 0. The molecule has 0 radical (unpaired) electrons. The van der Waals surface area contributed by atoms with Gasteiger partial charge in [-0.25, -0.2) is 4.48 Å². The summed E-state index contributed by atoms with van der Waals surface area (Å²) in [7, 11) is 0. The van der Waals surface area contributed by atoms with Crippen LogP contribution in [0.4, 0.5) is 17.1 Å². The lowest BCUT2D eigenvalue weighted by Crippen LogP contribution is -2.40. The molecule has 1 nitrogen and oxygen atoms in total. The van der Waals surface area contributed by atoms with E-state index in [2.05, 4.69) is 134 Å². The van der Waals surface area contributed by atoms with Gasteiger partial charge >= 0.3 is 0 Å². The first kappa shape index (κ1) is 21.6. The van der Waals surface area contributed by atoms with E-state index < -0.39 is 0 Å². The lowest BCUT2D eigenvalue weighted by molar-refractivity contribution is 0.504. The zero-order chi connectivity index (χ0) is 23.7. The molecule has 0 saturated carbocycles. The second-order valence-corrected chi connectivity index (χ2v) is 9.38. The maximum Gasteiger partial charge on any atom is 0.150 e. The quantitative estimate of drug-likeness (QED) is 0.221. The van der Waals surface area contributed by atoms with Gasteiger partial charge in [-0.3, -0.25) is 0 Å². The fraction of sp³-hybridized carbons (Fsp3) is 0.118. The molecule has 0 atom stereocenters. The molecule has 0 heterocycles. The van der Waals surface area contributed by atoms with E-state index in [1.165, 1.54) is 49.4 Å². The molecule has 0 saturated heterocycles. The van der Waals surface area contributed by atoms with Crippen molar-refractivity contribution >= 4 is 49.4 Å². The Balaban J connectivity index is 1.83. The van der Waals surface area contributed by atoms with Crippen LogP contribution < -0.4 is 4.48 Å². The van der Waals surface area contributed by atoms with Crippen LogP contribution in [0.15, 0.2) is 127 Å². The van der Waals surface area contributed by atoms with Crippen molar-refractivity contribution in [1.82, 2.24) is 4.48 Å². The van der Waals surface area contributed by atoms with Crippen molar-refractivity contribution in [1.29, 1.82) is 0 Å². The van der Waals surface area contributed by atoms with Crippen molar-refractivity contribution < 1.29 is 0 Å². The van der Waals surface area contributed by atoms with E-state index >= 15 is 0 Å². The number of quaternary nitrogens is 1. The Morgan fingerprint density at radius 3 is 1.14 bits per heavy atom. The minimum atomic E-state index is 0.692. The largest absolute Gasteiger partial charge is 0.225 e. The number of rotatable bonds is 6. The minimum Gasteiger partial charge on any atom is -0.225 e. The highest BCUT2D eigenvalue weighted by molar-refractivity contribution is 6.06. The molecule has 170 valence electrons. The first-order valence-corrected chi connectivity index (χ1v) is 12.7. The van der Waals surface area contributed by atoms with Crippen LogP contribution in [0.3, 0.4) is 0 Å². The third kappa shape index (κ3) is 3.51. The molecule has 6 aromatic carbocycles. The summed E-state index contributed by atoms with van der Waals surface area (Å²) < 4.78 is 0.692. The van der Waals surface area contributed by atoms with Crippen molar-refractivity contribution in [3.63, 3.8) is 0 Å². The average Bonchev–Trinajstić information content (AvgIpc) is 2.93. The van der Waals surface area contributed by atoms with Crippen LogP contribution in [-0.4, -0.2) is 6.54 Å². The van der Waals surface area contributed by atoms with Crippen molar-refractivity contribution in [2.75, 3.05) is 6.54 Å². The van der Waals surface area contributed by atoms with E-state index in [9.17, 15) is 0 Å². The van der Waals surface area contributed by atoms with E-state index in [0.29, 0.717) is 4.48 Å². The Morgan fingerprint density at radius 1 is 0.429 bits per heavy atom. The molecule has 0 N–H and O–H groups in total. The molecule has 0 spiro atoms. The zero-order valence-corrected chi connectivity index (χ0v) is 20.2. The number of unbranched alkanes of at least 4 members (excludes halogenated alkanes) is 1. The lowest BCUT2D eigenvalue weighted by Gasteiger charge is -2.39. The fourth-order valence-corrected chi connectivity index (χ4v) is 5.77. The topological polar surface area (TPSA) is 0 Å². The molecular weight excluding hydrogens is 422 g/mol. The molecule has 0 fully saturated rings. The maximum atomic E-state index is 2.35. The van der Waals surface area contributed by atoms with Crippen molar-refractivity contribution in [2.24, 2.45) is 0 Å². The predicted octanol–water partition coefficient (Wildman–Crippen LogP) is 9.92. The number of benzene rings is 6. The molecule has 0 aromatic heterocycles. The molecule has 0 unspecified atom stereocenters. The molecular formula is C34H30N+. The van der Waals surface area contributed by atoms with Crippen molar-refractivity contribution in [2.45, 2.75) is 19.8 Å². The molecule has 0 amide bonds. The maximum absolute atomic E-state index is 2.35. The monoisotopic (exact) mass is 452 g/mol.